The lowest BCUT2D eigenvalue weighted by Gasteiger charge is -2.61. The average Bonchev–Trinajstić information content (AvgIpc) is 3.37. The monoisotopic (exact) mass is 491 g/mol. The van der Waals surface area contributed by atoms with Crippen LogP contribution in [-0.2, 0) is 11.3 Å². The molecule has 4 aliphatic carbocycles. The van der Waals surface area contributed by atoms with Crippen molar-refractivity contribution in [3.63, 3.8) is 0 Å². The fourth-order valence-electron chi connectivity index (χ4n) is 10.0. The highest BCUT2D eigenvalue weighted by Crippen LogP contribution is 2.69. The lowest BCUT2D eigenvalue weighted by atomic mass is 9.44. The van der Waals surface area contributed by atoms with Gasteiger partial charge in [-0.15, -0.1) is 0 Å². The van der Waals surface area contributed by atoms with Gasteiger partial charge in [0.1, 0.15) is 5.52 Å². The number of carbonyl (C=O) groups is 1. The van der Waals surface area contributed by atoms with Crippen LogP contribution in [0.4, 0.5) is 0 Å². The highest BCUT2D eigenvalue weighted by atomic mass is 16.3. The molecule has 196 valence electrons. The lowest BCUT2D eigenvalue weighted by molar-refractivity contribution is -0.151. The minimum atomic E-state index is -0.485. The number of hydrogen-bond acceptors (Lipinski definition) is 4. The maximum absolute atomic E-state index is 14.1. The van der Waals surface area contributed by atoms with Crippen LogP contribution in [0.5, 0.6) is 0 Å². The number of nitrogens with zero attached hydrogens (tertiary/aromatic N) is 3. The van der Waals surface area contributed by atoms with Gasteiger partial charge in [-0.25, -0.2) is 0 Å². The Bertz CT molecular complexity index is 1120. The molecule has 9 atom stereocenters. The molecule has 0 saturated heterocycles. The summed E-state index contributed by atoms with van der Waals surface area (Å²) < 4.78 is 1.86. The standard InChI is InChI=1S/C31H45N3O2/c1-19(2)23-14-25-22-7-6-21-15-29(3,36)11-12-30(21,4)24(22)8-10-31(25,5)28(23)27(35)18-34-17-20-9-13-32-16-26(20)33-34/h9,13,16-17,19,21-25,28,36H,6-8,10-12,14-15,18H2,1-5H3/t21-,22+,23?,24-,25-,28?,29+,30-,31-/m0/s1. The quantitative estimate of drug-likeness (QED) is 0.545. The maximum atomic E-state index is 14.1. The van der Waals surface area contributed by atoms with Crippen LogP contribution in [0, 0.1) is 52.3 Å². The average molecular weight is 492 g/mol. The van der Waals surface area contributed by atoms with E-state index in [0.29, 0.717) is 41.4 Å². The molecule has 0 radical (unpaired) electrons. The number of carbonyl (C=O) groups excluding carboxylic acids is 1. The van der Waals surface area contributed by atoms with E-state index in [0.717, 1.165) is 42.0 Å². The first-order chi connectivity index (χ1) is 17.0. The first-order valence-corrected chi connectivity index (χ1v) is 14.5. The number of aliphatic hydroxyl groups is 1. The summed E-state index contributed by atoms with van der Waals surface area (Å²) in [5.74, 6) is 4.22. The van der Waals surface area contributed by atoms with Crippen LogP contribution >= 0.6 is 0 Å². The summed E-state index contributed by atoms with van der Waals surface area (Å²) in [6.45, 7) is 12.1. The number of hydrogen-bond donors (Lipinski definition) is 1. The second-order valence-corrected chi connectivity index (χ2v) is 14.3. The van der Waals surface area contributed by atoms with E-state index >= 15 is 0 Å². The first-order valence-electron chi connectivity index (χ1n) is 14.5. The van der Waals surface area contributed by atoms with Gasteiger partial charge < -0.3 is 5.11 Å². The van der Waals surface area contributed by atoms with Crippen molar-refractivity contribution in [1.82, 2.24) is 14.8 Å². The van der Waals surface area contributed by atoms with Crippen molar-refractivity contribution < 1.29 is 9.90 Å². The second kappa shape index (κ2) is 8.38. The fourth-order valence-corrected chi connectivity index (χ4v) is 10.0. The number of Topliss-reactive ketones (excluding diaryl/α,β-unsaturated/α-hetero) is 1. The predicted octanol–water partition coefficient (Wildman–Crippen LogP) is 6.29. The topological polar surface area (TPSA) is 68.0 Å². The molecule has 0 spiro atoms. The van der Waals surface area contributed by atoms with E-state index in [4.69, 9.17) is 0 Å². The fraction of sp³-hybridized carbons (Fsp3) is 0.774. The number of ketones is 1. The smallest absolute Gasteiger partial charge is 0.158 e. The number of fused-ring (bicyclic) bond motifs is 6. The Kier molecular flexibility index (Phi) is 5.72. The number of aromatic nitrogens is 3. The molecule has 2 unspecified atom stereocenters. The van der Waals surface area contributed by atoms with E-state index in [1.165, 1.54) is 32.1 Å². The normalized spacial score (nSPS) is 44.3. The van der Waals surface area contributed by atoms with Gasteiger partial charge in [-0.1, -0.05) is 27.7 Å². The van der Waals surface area contributed by atoms with Crippen molar-refractivity contribution in [1.29, 1.82) is 0 Å². The van der Waals surface area contributed by atoms with Crippen LogP contribution < -0.4 is 0 Å². The summed E-state index contributed by atoms with van der Waals surface area (Å²) in [5, 5.41) is 16.5. The van der Waals surface area contributed by atoms with Crippen LogP contribution in [0.1, 0.15) is 86.0 Å². The Hall–Kier alpha value is -1.75. The lowest BCUT2D eigenvalue weighted by Crippen LogP contribution is -2.55. The van der Waals surface area contributed by atoms with E-state index in [1.807, 2.05) is 16.9 Å². The van der Waals surface area contributed by atoms with E-state index < -0.39 is 5.60 Å². The van der Waals surface area contributed by atoms with Crippen molar-refractivity contribution in [3.05, 3.63) is 24.7 Å². The van der Waals surface area contributed by atoms with E-state index in [9.17, 15) is 9.90 Å². The molecule has 6 rings (SSSR count). The molecule has 4 fully saturated rings. The van der Waals surface area contributed by atoms with Crippen LogP contribution in [0.3, 0.4) is 0 Å². The zero-order chi connectivity index (χ0) is 25.5. The molecule has 0 aromatic carbocycles. The Morgan fingerprint density at radius 1 is 1.11 bits per heavy atom. The third-order valence-electron chi connectivity index (χ3n) is 11.9. The minimum Gasteiger partial charge on any atom is -0.390 e. The van der Waals surface area contributed by atoms with Gasteiger partial charge in [0.05, 0.1) is 18.3 Å². The van der Waals surface area contributed by atoms with Gasteiger partial charge >= 0.3 is 0 Å². The van der Waals surface area contributed by atoms with Gasteiger partial charge in [0.15, 0.2) is 5.78 Å². The molecule has 2 aromatic heterocycles. The van der Waals surface area contributed by atoms with Gasteiger partial charge in [0.25, 0.3) is 0 Å². The molecule has 0 amide bonds. The second-order valence-electron chi connectivity index (χ2n) is 14.3. The van der Waals surface area contributed by atoms with E-state index in [2.05, 4.69) is 44.7 Å². The zero-order valence-corrected chi connectivity index (χ0v) is 22.9. The maximum Gasteiger partial charge on any atom is 0.158 e. The highest BCUT2D eigenvalue weighted by molar-refractivity contribution is 5.83. The summed E-state index contributed by atoms with van der Waals surface area (Å²) in [4.78, 5) is 18.3. The van der Waals surface area contributed by atoms with Crippen molar-refractivity contribution in [2.45, 2.75) is 98.1 Å². The highest BCUT2D eigenvalue weighted by Gasteiger charge is 2.64. The molecule has 4 saturated carbocycles. The first kappa shape index (κ1) is 24.6. The summed E-state index contributed by atoms with van der Waals surface area (Å²) in [5.41, 5.74) is 0.815. The van der Waals surface area contributed by atoms with Crippen LogP contribution in [-0.4, -0.2) is 31.3 Å². The Morgan fingerprint density at radius 3 is 2.67 bits per heavy atom. The van der Waals surface area contributed by atoms with Crippen LogP contribution in [0.15, 0.2) is 24.7 Å². The molecular formula is C31H45N3O2. The molecular weight excluding hydrogens is 446 g/mol. The molecule has 36 heavy (non-hydrogen) atoms. The Morgan fingerprint density at radius 2 is 1.92 bits per heavy atom. The van der Waals surface area contributed by atoms with E-state index in [-0.39, 0.29) is 11.3 Å². The zero-order valence-electron chi connectivity index (χ0n) is 22.9. The summed E-state index contributed by atoms with van der Waals surface area (Å²) in [7, 11) is 0. The molecule has 0 bridgehead atoms. The number of pyridine rings is 1. The van der Waals surface area contributed by atoms with E-state index in [1.54, 1.807) is 12.4 Å². The largest absolute Gasteiger partial charge is 0.390 e. The van der Waals surface area contributed by atoms with Gasteiger partial charge in [-0.2, -0.15) is 5.10 Å². The molecule has 5 heteroatoms. The van der Waals surface area contributed by atoms with Gasteiger partial charge in [-0.05, 0) is 111 Å². The minimum absolute atomic E-state index is 0.0880. The molecule has 2 heterocycles. The predicted molar refractivity (Wildman–Crippen MR) is 142 cm³/mol. The van der Waals surface area contributed by atoms with Gasteiger partial charge in [-0.3, -0.25) is 14.5 Å². The van der Waals surface area contributed by atoms with Gasteiger partial charge in [0.2, 0.25) is 0 Å². The van der Waals surface area contributed by atoms with Crippen molar-refractivity contribution in [3.8, 4) is 0 Å². The SMILES string of the molecule is CC(C)C1C[C@H]2[C@@H]3CC[C@H]4C[C@](C)(O)CC[C@]4(C)[C@H]3CC[C@]2(C)C1C(=O)Cn1cc2ccncc2n1. The number of rotatable bonds is 4. The third kappa shape index (κ3) is 3.70. The van der Waals surface area contributed by atoms with Crippen LogP contribution in [0.25, 0.3) is 10.9 Å². The summed E-state index contributed by atoms with van der Waals surface area (Å²) >= 11 is 0. The Labute approximate surface area is 216 Å². The third-order valence-corrected chi connectivity index (χ3v) is 11.9. The summed E-state index contributed by atoms with van der Waals surface area (Å²) in [6, 6.07) is 1.97. The van der Waals surface area contributed by atoms with Crippen LogP contribution in [0.2, 0.25) is 0 Å². The molecule has 1 N–H and O–H groups in total. The molecule has 2 aromatic rings. The molecule has 5 nitrogen and oxygen atoms in total. The van der Waals surface area contributed by atoms with Crippen molar-refractivity contribution >= 4 is 16.7 Å². The summed E-state index contributed by atoms with van der Waals surface area (Å²) in [6.07, 6.45) is 14.8. The molecule has 0 aliphatic heterocycles. The Balaban J connectivity index is 1.28. The van der Waals surface area contributed by atoms with Crippen molar-refractivity contribution in [2.24, 2.45) is 52.3 Å². The van der Waals surface area contributed by atoms with Gasteiger partial charge in [0, 0.05) is 23.7 Å². The molecule has 4 aliphatic rings. The van der Waals surface area contributed by atoms with Crippen molar-refractivity contribution in [2.75, 3.05) is 0 Å².